The molecule has 24 heavy (non-hydrogen) atoms. The normalized spacial score (nSPS) is 12.8. The number of aromatic nitrogens is 3. The van der Waals surface area contributed by atoms with E-state index in [1.165, 1.54) is 0 Å². The Morgan fingerprint density at radius 2 is 1.96 bits per heavy atom. The van der Waals surface area contributed by atoms with Gasteiger partial charge in [0, 0.05) is 11.4 Å². The van der Waals surface area contributed by atoms with E-state index in [1.807, 2.05) is 27.7 Å². The van der Waals surface area contributed by atoms with Crippen molar-refractivity contribution in [2.45, 2.75) is 53.1 Å². The van der Waals surface area contributed by atoms with Crippen LogP contribution in [0.4, 0.5) is 0 Å². The molecule has 0 bridgehead atoms. The van der Waals surface area contributed by atoms with Crippen LogP contribution in [0.5, 0.6) is 0 Å². The van der Waals surface area contributed by atoms with Gasteiger partial charge < -0.3 is 10.4 Å². The topological polar surface area (TPSA) is 97.1 Å². The molecule has 0 aliphatic rings. The average Bonchev–Trinajstić information content (AvgIpc) is 2.87. The molecule has 7 heteroatoms. The fourth-order valence-electron chi connectivity index (χ4n) is 2.60. The van der Waals surface area contributed by atoms with Crippen LogP contribution in [0.1, 0.15) is 56.2 Å². The fourth-order valence-corrected chi connectivity index (χ4v) is 2.60. The zero-order valence-corrected chi connectivity index (χ0v) is 14.7. The van der Waals surface area contributed by atoms with Crippen LogP contribution in [-0.4, -0.2) is 37.8 Å². The minimum absolute atomic E-state index is 0.163. The van der Waals surface area contributed by atoms with Crippen molar-refractivity contribution in [3.8, 4) is 0 Å². The highest BCUT2D eigenvalue weighted by Gasteiger charge is 2.23. The van der Waals surface area contributed by atoms with Crippen molar-refractivity contribution in [3.63, 3.8) is 0 Å². The number of fused-ring (bicyclic) bond motifs is 1. The number of nitrogens with zero attached hydrogens (tertiary/aromatic N) is 3. The van der Waals surface area contributed by atoms with Crippen LogP contribution >= 0.6 is 0 Å². The first-order chi connectivity index (χ1) is 11.2. The number of carboxylic acids is 1. The Morgan fingerprint density at radius 3 is 2.50 bits per heavy atom. The molecule has 130 valence electrons. The number of aliphatic carboxylic acids is 1. The van der Waals surface area contributed by atoms with E-state index in [1.54, 1.807) is 23.9 Å². The number of carboxylic acid groups (broad SMARTS) is 1. The maximum absolute atomic E-state index is 12.5. The highest BCUT2D eigenvalue weighted by atomic mass is 16.4. The lowest BCUT2D eigenvalue weighted by molar-refractivity contribution is -0.139. The van der Waals surface area contributed by atoms with Gasteiger partial charge in [-0.05, 0) is 39.2 Å². The average molecular weight is 332 g/mol. The van der Waals surface area contributed by atoms with Crippen LogP contribution in [0, 0.1) is 12.8 Å². The number of carbonyl (C=O) groups is 2. The molecule has 1 amide bonds. The lowest BCUT2D eigenvalue weighted by atomic mass is 10.0. The molecule has 0 saturated carbocycles. The highest BCUT2D eigenvalue weighted by molar-refractivity contribution is 5.99. The molecule has 2 N–H and O–H groups in total. The summed E-state index contributed by atoms with van der Waals surface area (Å²) >= 11 is 0. The summed E-state index contributed by atoms with van der Waals surface area (Å²) in [5.74, 6) is -1.29. The summed E-state index contributed by atoms with van der Waals surface area (Å²) in [5, 5.41) is 16.9. The Kier molecular flexibility index (Phi) is 5.21. The summed E-state index contributed by atoms with van der Waals surface area (Å²) in [4.78, 5) is 28.3. The van der Waals surface area contributed by atoms with Gasteiger partial charge in [-0.1, -0.05) is 13.8 Å². The van der Waals surface area contributed by atoms with Gasteiger partial charge in [-0.3, -0.25) is 4.79 Å². The van der Waals surface area contributed by atoms with Gasteiger partial charge in [0.1, 0.15) is 6.04 Å². The van der Waals surface area contributed by atoms with E-state index in [0.29, 0.717) is 17.7 Å². The number of aryl methyl sites for hydroxylation is 1. The number of carbonyl (C=O) groups excluding carboxylic acids is 1. The van der Waals surface area contributed by atoms with Crippen LogP contribution in [-0.2, 0) is 4.79 Å². The zero-order valence-electron chi connectivity index (χ0n) is 14.7. The van der Waals surface area contributed by atoms with Crippen molar-refractivity contribution < 1.29 is 14.7 Å². The minimum Gasteiger partial charge on any atom is -0.480 e. The Balaban J connectivity index is 2.32. The summed E-state index contributed by atoms with van der Waals surface area (Å²) in [6.45, 7) is 9.59. The monoisotopic (exact) mass is 332 g/mol. The van der Waals surface area contributed by atoms with Crippen LogP contribution in [0.15, 0.2) is 12.3 Å². The second-order valence-corrected chi connectivity index (χ2v) is 6.71. The number of hydrogen-bond donors (Lipinski definition) is 2. The minimum atomic E-state index is -1.03. The SMILES string of the molecule is Cc1nc2c(cnn2C(C)C)cc1C(=O)NC(CC(C)C)C(=O)O. The van der Waals surface area contributed by atoms with Gasteiger partial charge in [-0.25, -0.2) is 14.5 Å². The molecular formula is C17H24N4O3. The quantitative estimate of drug-likeness (QED) is 0.847. The van der Waals surface area contributed by atoms with Crippen LogP contribution in [0.3, 0.4) is 0 Å². The Morgan fingerprint density at radius 1 is 1.29 bits per heavy atom. The van der Waals surface area contributed by atoms with Gasteiger partial charge in [0.2, 0.25) is 0 Å². The summed E-state index contributed by atoms with van der Waals surface area (Å²) < 4.78 is 1.79. The van der Waals surface area contributed by atoms with Crippen molar-refractivity contribution >= 4 is 22.9 Å². The molecule has 0 spiro atoms. The summed E-state index contributed by atoms with van der Waals surface area (Å²) in [5.41, 5.74) is 1.65. The van der Waals surface area contributed by atoms with Gasteiger partial charge >= 0.3 is 5.97 Å². The molecule has 0 fully saturated rings. The molecular weight excluding hydrogens is 308 g/mol. The predicted molar refractivity (Wildman–Crippen MR) is 91.0 cm³/mol. The predicted octanol–water partition coefficient (Wildman–Crippen LogP) is 2.55. The Labute approximate surface area is 141 Å². The van der Waals surface area contributed by atoms with E-state index in [9.17, 15) is 14.7 Å². The van der Waals surface area contributed by atoms with Gasteiger partial charge in [-0.15, -0.1) is 0 Å². The molecule has 0 radical (unpaired) electrons. The van der Waals surface area contributed by atoms with Gasteiger partial charge in [0.05, 0.1) is 17.5 Å². The molecule has 2 rings (SSSR count). The Hall–Kier alpha value is -2.44. The van der Waals surface area contributed by atoms with Crippen molar-refractivity contribution in [3.05, 3.63) is 23.5 Å². The molecule has 0 aliphatic heterocycles. The van der Waals surface area contributed by atoms with Crippen LogP contribution < -0.4 is 5.32 Å². The molecule has 0 aliphatic carbocycles. The number of amides is 1. The number of pyridine rings is 1. The molecule has 0 saturated heterocycles. The molecule has 7 nitrogen and oxygen atoms in total. The number of nitrogens with one attached hydrogen (secondary N) is 1. The zero-order chi connectivity index (χ0) is 18.0. The molecule has 1 atom stereocenters. The molecule has 2 aromatic heterocycles. The largest absolute Gasteiger partial charge is 0.480 e. The first kappa shape index (κ1) is 17.9. The second-order valence-electron chi connectivity index (χ2n) is 6.71. The number of rotatable bonds is 6. The van der Waals surface area contributed by atoms with Gasteiger partial charge in [0.25, 0.3) is 5.91 Å². The van der Waals surface area contributed by atoms with Crippen molar-refractivity contribution in [1.29, 1.82) is 0 Å². The van der Waals surface area contributed by atoms with E-state index in [4.69, 9.17) is 0 Å². The standard InChI is InChI=1S/C17H24N4O3/c1-9(2)6-14(17(23)24)20-16(22)13-7-12-8-18-21(10(3)4)15(12)19-11(13)5/h7-10,14H,6H2,1-5H3,(H,20,22)(H,23,24). The van der Waals surface area contributed by atoms with Crippen molar-refractivity contribution in [2.75, 3.05) is 0 Å². The van der Waals surface area contributed by atoms with Crippen molar-refractivity contribution in [2.24, 2.45) is 5.92 Å². The van der Waals surface area contributed by atoms with Gasteiger partial charge in [0.15, 0.2) is 5.65 Å². The van der Waals surface area contributed by atoms with E-state index in [-0.39, 0.29) is 12.0 Å². The second kappa shape index (κ2) is 6.98. The lowest BCUT2D eigenvalue weighted by Gasteiger charge is -2.17. The Bertz CT molecular complexity index is 765. The highest BCUT2D eigenvalue weighted by Crippen LogP contribution is 2.19. The van der Waals surface area contributed by atoms with Crippen LogP contribution in [0.2, 0.25) is 0 Å². The van der Waals surface area contributed by atoms with Crippen LogP contribution in [0.25, 0.3) is 11.0 Å². The molecule has 0 aromatic carbocycles. The summed E-state index contributed by atoms with van der Waals surface area (Å²) in [6.07, 6.45) is 2.04. The molecule has 2 heterocycles. The van der Waals surface area contributed by atoms with Crippen molar-refractivity contribution in [1.82, 2.24) is 20.1 Å². The maximum atomic E-state index is 12.5. The first-order valence-electron chi connectivity index (χ1n) is 8.09. The number of hydrogen-bond acceptors (Lipinski definition) is 4. The molecule has 1 unspecified atom stereocenters. The molecule has 2 aromatic rings. The van der Waals surface area contributed by atoms with E-state index in [0.717, 1.165) is 11.0 Å². The third-order valence-corrected chi connectivity index (χ3v) is 3.80. The third-order valence-electron chi connectivity index (χ3n) is 3.80. The maximum Gasteiger partial charge on any atom is 0.326 e. The summed E-state index contributed by atoms with van der Waals surface area (Å²) in [7, 11) is 0. The summed E-state index contributed by atoms with van der Waals surface area (Å²) in [6, 6.07) is 0.968. The van der Waals surface area contributed by atoms with E-state index < -0.39 is 17.9 Å². The van der Waals surface area contributed by atoms with E-state index in [2.05, 4.69) is 15.4 Å². The lowest BCUT2D eigenvalue weighted by Crippen LogP contribution is -2.41. The van der Waals surface area contributed by atoms with Gasteiger partial charge in [-0.2, -0.15) is 5.10 Å². The third kappa shape index (κ3) is 3.72. The fraction of sp³-hybridized carbons (Fsp3) is 0.529. The smallest absolute Gasteiger partial charge is 0.326 e. The van der Waals surface area contributed by atoms with E-state index >= 15 is 0 Å². The first-order valence-corrected chi connectivity index (χ1v) is 8.09.